The number of amides is 7. The molecule has 1 aromatic heterocycles. The van der Waals surface area contributed by atoms with E-state index in [-0.39, 0.29) is 56.1 Å². The summed E-state index contributed by atoms with van der Waals surface area (Å²) in [6.45, 7) is 4.89. The SMILES string of the molecule is CN(C)C[C@H](c1ccccc1)n1nc(NC(=O)c2ccc(NC(=O)CCCC#Cc3cccc4c3CN(C3CCC(=O)NC3=O)C4=O)cc2)c2c1C(C)(C)N(C(N)=O)C2. The summed E-state index contributed by atoms with van der Waals surface area (Å²) in [7, 11) is 3.96. The lowest BCUT2D eigenvalue weighted by Crippen LogP contribution is -2.52. The molecule has 1 fully saturated rings. The van der Waals surface area contributed by atoms with E-state index in [0.717, 1.165) is 22.4 Å². The van der Waals surface area contributed by atoms with E-state index in [1.54, 1.807) is 41.3 Å². The third kappa shape index (κ3) is 8.30. The zero-order valence-corrected chi connectivity index (χ0v) is 33.5. The van der Waals surface area contributed by atoms with E-state index in [2.05, 4.69) is 32.7 Å². The molecule has 7 amide bonds. The van der Waals surface area contributed by atoms with Crippen molar-refractivity contribution in [2.24, 2.45) is 5.73 Å². The second kappa shape index (κ2) is 16.6. The van der Waals surface area contributed by atoms with Gasteiger partial charge in [0.15, 0.2) is 5.82 Å². The van der Waals surface area contributed by atoms with E-state index < -0.39 is 29.4 Å². The normalized spacial score (nSPS) is 17.2. The highest BCUT2D eigenvalue weighted by molar-refractivity contribution is 6.06. The van der Waals surface area contributed by atoms with Crippen molar-refractivity contribution in [2.45, 2.75) is 76.7 Å². The summed E-state index contributed by atoms with van der Waals surface area (Å²) in [5, 5.41) is 13.1. The topological polar surface area (TPSA) is 192 Å². The lowest BCUT2D eigenvalue weighted by Gasteiger charge is -2.33. The van der Waals surface area contributed by atoms with Gasteiger partial charge in [0.1, 0.15) is 6.04 Å². The fraction of sp³-hybridized carbons (Fsp3) is 0.341. The maximum atomic E-state index is 13.6. The van der Waals surface area contributed by atoms with Gasteiger partial charge in [-0.05, 0) is 88.3 Å². The van der Waals surface area contributed by atoms with Crippen LogP contribution >= 0.6 is 0 Å². The number of aromatic nitrogens is 2. The van der Waals surface area contributed by atoms with Gasteiger partial charge in [-0.3, -0.25) is 34.0 Å². The average Bonchev–Trinajstić information content (AvgIpc) is 3.83. The summed E-state index contributed by atoms with van der Waals surface area (Å²) in [4.78, 5) is 81.3. The molecule has 1 unspecified atom stereocenters. The molecule has 0 saturated carbocycles. The minimum atomic E-state index is -0.796. The predicted molar refractivity (Wildman–Crippen MR) is 220 cm³/mol. The van der Waals surface area contributed by atoms with Gasteiger partial charge in [-0.1, -0.05) is 48.2 Å². The van der Waals surface area contributed by atoms with Crippen molar-refractivity contribution in [3.05, 3.63) is 112 Å². The fourth-order valence-electron chi connectivity index (χ4n) is 8.08. The molecule has 3 aliphatic heterocycles. The van der Waals surface area contributed by atoms with Crippen LogP contribution in [-0.4, -0.2) is 86.7 Å². The number of primary amides is 1. The standard InChI is InChI=1S/C44H47N9O6/c1-44(2)38-33(25-52(44)43(45)59)39(49-53(38)35(26-50(3)4)28-13-8-5-9-14-28)48-40(56)29-18-20-30(21-19-29)46-36(54)17-10-6-7-12-27-15-11-16-31-32(27)24-51(42(31)58)34-22-23-37(55)47-41(34)57/h5,8-9,11,13-16,18-21,34-35H,6,10,17,22-26H2,1-4H3,(H2,45,59)(H,46,54)(H,47,55,57)(H,48,49,56)/t34?,35-/m1/s1. The Balaban J connectivity index is 0.965. The Morgan fingerprint density at radius 3 is 2.41 bits per heavy atom. The number of nitrogens with two attached hydrogens (primary N) is 1. The van der Waals surface area contributed by atoms with Crippen molar-refractivity contribution in [1.82, 2.24) is 29.8 Å². The van der Waals surface area contributed by atoms with Crippen molar-refractivity contribution >= 4 is 47.1 Å². The first-order valence-corrected chi connectivity index (χ1v) is 19.6. The number of benzene rings is 3. The maximum absolute atomic E-state index is 13.6. The number of carbonyl (C=O) groups excluding carboxylic acids is 6. The number of carbonyl (C=O) groups is 6. The summed E-state index contributed by atoms with van der Waals surface area (Å²) in [5.74, 6) is 4.92. The van der Waals surface area contributed by atoms with Crippen LogP contribution in [-0.2, 0) is 33.0 Å². The number of anilines is 2. The summed E-state index contributed by atoms with van der Waals surface area (Å²) >= 11 is 0. The zero-order chi connectivity index (χ0) is 42.0. The second-order valence-electron chi connectivity index (χ2n) is 15.8. The van der Waals surface area contributed by atoms with E-state index in [0.29, 0.717) is 47.6 Å². The van der Waals surface area contributed by atoms with E-state index in [4.69, 9.17) is 10.8 Å². The minimum absolute atomic E-state index is 0.183. The Labute approximate surface area is 342 Å². The number of hydrogen-bond acceptors (Lipinski definition) is 8. The summed E-state index contributed by atoms with van der Waals surface area (Å²) in [6.07, 6.45) is 1.62. The van der Waals surface area contributed by atoms with E-state index >= 15 is 0 Å². The Bertz CT molecular complexity index is 2390. The van der Waals surface area contributed by atoms with E-state index in [1.165, 1.54) is 4.90 Å². The van der Waals surface area contributed by atoms with Crippen LogP contribution < -0.4 is 21.7 Å². The van der Waals surface area contributed by atoms with Crippen LogP contribution in [0.5, 0.6) is 0 Å². The quantitative estimate of drug-likeness (QED) is 0.0979. The van der Waals surface area contributed by atoms with Crippen LogP contribution in [0.4, 0.5) is 16.3 Å². The van der Waals surface area contributed by atoms with Crippen LogP contribution in [0.2, 0.25) is 0 Å². The van der Waals surface area contributed by atoms with E-state index in [9.17, 15) is 28.8 Å². The van der Waals surface area contributed by atoms with Crippen molar-refractivity contribution in [2.75, 3.05) is 31.3 Å². The lowest BCUT2D eigenvalue weighted by molar-refractivity contribution is -0.137. The van der Waals surface area contributed by atoms with Crippen molar-refractivity contribution in [1.29, 1.82) is 0 Å². The molecule has 15 nitrogen and oxygen atoms in total. The highest BCUT2D eigenvalue weighted by Crippen LogP contribution is 2.44. The molecule has 3 aromatic carbocycles. The third-order valence-electron chi connectivity index (χ3n) is 11.0. The molecular formula is C44H47N9O6. The van der Waals surface area contributed by atoms with Crippen molar-refractivity contribution < 1.29 is 28.8 Å². The first-order valence-electron chi connectivity index (χ1n) is 19.6. The molecule has 7 rings (SSSR count). The largest absolute Gasteiger partial charge is 0.351 e. The monoisotopic (exact) mass is 797 g/mol. The van der Waals surface area contributed by atoms with Gasteiger partial charge in [-0.25, -0.2) is 4.79 Å². The van der Waals surface area contributed by atoms with Gasteiger partial charge in [0, 0.05) is 60.3 Å². The zero-order valence-electron chi connectivity index (χ0n) is 33.5. The molecule has 0 spiro atoms. The van der Waals surface area contributed by atoms with Crippen LogP contribution in [0, 0.1) is 11.8 Å². The average molecular weight is 798 g/mol. The second-order valence-corrected chi connectivity index (χ2v) is 15.8. The fourth-order valence-corrected chi connectivity index (χ4v) is 8.08. The number of nitrogens with one attached hydrogen (secondary N) is 3. The molecular weight excluding hydrogens is 751 g/mol. The maximum Gasteiger partial charge on any atom is 0.315 e. The minimum Gasteiger partial charge on any atom is -0.351 e. The summed E-state index contributed by atoms with van der Waals surface area (Å²) in [6, 6.07) is 20.3. The molecule has 15 heteroatoms. The lowest BCUT2D eigenvalue weighted by atomic mass is 9.98. The molecule has 0 aliphatic carbocycles. The number of unbranched alkanes of at least 4 members (excludes halogenated alkanes) is 1. The molecule has 304 valence electrons. The highest BCUT2D eigenvalue weighted by atomic mass is 16.2. The van der Waals surface area contributed by atoms with Gasteiger partial charge >= 0.3 is 6.03 Å². The Hall–Kier alpha value is -6.79. The van der Waals surface area contributed by atoms with Gasteiger partial charge in [-0.15, -0.1) is 0 Å². The number of imide groups is 1. The molecule has 4 heterocycles. The Morgan fingerprint density at radius 1 is 0.966 bits per heavy atom. The number of piperidine rings is 1. The number of fused-ring (bicyclic) bond motifs is 2. The highest BCUT2D eigenvalue weighted by Gasteiger charge is 2.46. The first kappa shape index (κ1) is 40.4. The molecule has 5 N–H and O–H groups in total. The van der Waals surface area contributed by atoms with Gasteiger partial charge in [0.2, 0.25) is 17.7 Å². The van der Waals surface area contributed by atoms with Crippen LogP contribution in [0.1, 0.15) is 101 Å². The van der Waals surface area contributed by atoms with Gasteiger partial charge in [0.25, 0.3) is 11.8 Å². The number of nitrogens with zero attached hydrogens (tertiary/aromatic N) is 5. The van der Waals surface area contributed by atoms with Crippen LogP contribution in [0.3, 0.4) is 0 Å². The van der Waals surface area contributed by atoms with Crippen molar-refractivity contribution in [3.63, 3.8) is 0 Å². The van der Waals surface area contributed by atoms with Gasteiger partial charge in [0.05, 0.1) is 23.8 Å². The summed E-state index contributed by atoms with van der Waals surface area (Å²) < 4.78 is 1.90. The smallest absolute Gasteiger partial charge is 0.315 e. The van der Waals surface area contributed by atoms with Crippen LogP contribution in [0.15, 0.2) is 72.8 Å². The Kier molecular flexibility index (Phi) is 11.4. The van der Waals surface area contributed by atoms with Gasteiger partial charge in [-0.2, -0.15) is 5.10 Å². The predicted octanol–water partition coefficient (Wildman–Crippen LogP) is 4.34. The van der Waals surface area contributed by atoms with Gasteiger partial charge < -0.3 is 31.1 Å². The third-order valence-corrected chi connectivity index (χ3v) is 11.0. The van der Waals surface area contributed by atoms with E-state index in [1.807, 2.05) is 69.0 Å². The number of urea groups is 1. The molecule has 2 atom stereocenters. The summed E-state index contributed by atoms with van der Waals surface area (Å²) in [5.41, 5.74) is 10.4. The number of hydrogen-bond donors (Lipinski definition) is 4. The molecule has 4 aromatic rings. The Morgan fingerprint density at radius 2 is 1.71 bits per heavy atom. The molecule has 0 radical (unpaired) electrons. The van der Waals surface area contributed by atoms with Crippen LogP contribution in [0.25, 0.3) is 0 Å². The number of rotatable bonds is 11. The molecule has 3 aliphatic rings. The van der Waals surface area contributed by atoms with Crippen molar-refractivity contribution in [3.8, 4) is 11.8 Å². The molecule has 59 heavy (non-hydrogen) atoms. The number of likely N-dealkylation sites (N-methyl/N-ethyl adjacent to an activating group) is 1. The molecule has 0 bridgehead atoms. The first-order chi connectivity index (χ1) is 28.2. The molecule has 1 saturated heterocycles.